The van der Waals surface area contributed by atoms with Crippen LogP contribution >= 0.6 is 23.2 Å². The van der Waals surface area contributed by atoms with Gasteiger partial charge >= 0.3 is 0 Å². The number of rotatable bonds is 1. The van der Waals surface area contributed by atoms with Crippen molar-refractivity contribution in [2.24, 2.45) is 15.9 Å². The average Bonchev–Trinajstić information content (AvgIpc) is 2.51. The van der Waals surface area contributed by atoms with E-state index in [0.717, 1.165) is 25.7 Å². The maximum absolute atomic E-state index is 6.02. The van der Waals surface area contributed by atoms with Crippen molar-refractivity contribution in [3.63, 3.8) is 0 Å². The van der Waals surface area contributed by atoms with E-state index in [1.54, 1.807) is 0 Å². The average molecular weight is 333 g/mol. The van der Waals surface area contributed by atoms with Crippen molar-refractivity contribution in [1.29, 1.82) is 0 Å². The number of amidine groups is 2. The van der Waals surface area contributed by atoms with Crippen LogP contribution in [0.5, 0.6) is 0 Å². The van der Waals surface area contributed by atoms with Gasteiger partial charge in [-0.3, -0.25) is 0 Å². The van der Waals surface area contributed by atoms with Crippen LogP contribution in [-0.2, 0) is 4.94 Å². The minimum absolute atomic E-state index is 0.0920. The molecule has 0 unspecified atom stereocenters. The molecule has 1 saturated carbocycles. The van der Waals surface area contributed by atoms with Gasteiger partial charge < -0.3 is 0 Å². The lowest BCUT2D eigenvalue weighted by molar-refractivity contribution is -0.0752. The molecule has 0 radical (unpaired) electrons. The van der Waals surface area contributed by atoms with Gasteiger partial charge in [0.25, 0.3) is 0 Å². The van der Waals surface area contributed by atoms with E-state index in [1.165, 1.54) is 49.2 Å². The second-order valence-corrected chi connectivity index (χ2v) is 6.09. The Morgan fingerprint density at radius 3 is 1.90 bits per heavy atom. The van der Waals surface area contributed by atoms with Gasteiger partial charge in [-0.2, -0.15) is 25.9 Å². The second-order valence-electron chi connectivity index (χ2n) is 5.42. The zero-order chi connectivity index (χ0) is 15.1. The first-order valence-corrected chi connectivity index (χ1v) is 8.35. The normalized spacial score (nSPS) is 22.5. The summed E-state index contributed by atoms with van der Waals surface area (Å²) < 4.78 is 0. The van der Waals surface area contributed by atoms with Crippen molar-refractivity contribution in [3.05, 3.63) is 11.4 Å². The molecule has 1 fully saturated rings. The van der Waals surface area contributed by atoms with E-state index in [1.807, 2.05) is 0 Å². The molecule has 21 heavy (non-hydrogen) atoms. The number of hydrogen-bond donors (Lipinski definition) is 1. The first-order valence-electron chi connectivity index (χ1n) is 7.59. The van der Waals surface area contributed by atoms with Gasteiger partial charge in [-0.05, 0) is 54.5 Å². The van der Waals surface area contributed by atoms with Crippen molar-refractivity contribution in [2.45, 2.75) is 64.2 Å². The molecule has 7 heteroatoms. The number of hydrogen-bond acceptors (Lipinski definition) is 5. The minimum Gasteiger partial charge on any atom is -0.198 e. The lowest BCUT2D eigenvalue weighted by Crippen LogP contribution is -2.33. The third-order valence-electron chi connectivity index (χ3n) is 3.87. The SMILES string of the molecule is NON1C(Cl)=NC(Cl)=NC1=C1CCCCCCCCCC1. The van der Waals surface area contributed by atoms with Crippen molar-refractivity contribution in [3.8, 4) is 0 Å². The molecule has 0 aromatic rings. The van der Waals surface area contributed by atoms with Crippen LogP contribution in [0, 0.1) is 0 Å². The van der Waals surface area contributed by atoms with Crippen LogP contribution in [0.25, 0.3) is 0 Å². The number of allylic oxidation sites excluding steroid dienone is 1. The molecule has 0 amide bonds. The second kappa shape index (κ2) is 8.73. The number of halogens is 2. The van der Waals surface area contributed by atoms with Crippen LogP contribution in [0.3, 0.4) is 0 Å². The molecule has 1 aliphatic heterocycles. The lowest BCUT2D eigenvalue weighted by atomic mass is 10.0. The van der Waals surface area contributed by atoms with Gasteiger partial charge in [0.05, 0.1) is 0 Å². The van der Waals surface area contributed by atoms with Crippen molar-refractivity contribution in [2.75, 3.05) is 0 Å². The van der Waals surface area contributed by atoms with Crippen LogP contribution in [0.1, 0.15) is 64.2 Å². The molecule has 0 aromatic heterocycles. The summed E-state index contributed by atoms with van der Waals surface area (Å²) in [6.07, 6.45) is 12.0. The summed E-state index contributed by atoms with van der Waals surface area (Å²) in [6.45, 7) is 0. The van der Waals surface area contributed by atoms with Crippen molar-refractivity contribution < 1.29 is 4.94 Å². The predicted molar refractivity (Wildman–Crippen MR) is 86.9 cm³/mol. The Morgan fingerprint density at radius 2 is 1.38 bits per heavy atom. The topological polar surface area (TPSA) is 63.2 Å². The summed E-state index contributed by atoms with van der Waals surface area (Å²) in [5, 5.41) is 1.46. The molecule has 1 aliphatic carbocycles. The molecule has 0 spiro atoms. The summed E-state index contributed by atoms with van der Waals surface area (Å²) in [7, 11) is 0. The molecule has 2 rings (SSSR count). The van der Waals surface area contributed by atoms with Crippen LogP contribution in [0.4, 0.5) is 0 Å². The molecule has 2 aliphatic rings. The van der Waals surface area contributed by atoms with Crippen LogP contribution in [-0.4, -0.2) is 15.7 Å². The molecular weight excluding hydrogens is 311 g/mol. The third kappa shape index (κ3) is 4.95. The number of nitrogens with zero attached hydrogens (tertiary/aromatic N) is 3. The van der Waals surface area contributed by atoms with Crippen LogP contribution < -0.4 is 5.90 Å². The van der Waals surface area contributed by atoms with Crippen molar-refractivity contribution >= 4 is 33.8 Å². The van der Waals surface area contributed by atoms with Gasteiger partial charge in [0.1, 0.15) is 0 Å². The van der Waals surface area contributed by atoms with E-state index in [9.17, 15) is 0 Å². The molecule has 0 aromatic carbocycles. The Balaban J connectivity index is 2.20. The van der Waals surface area contributed by atoms with E-state index >= 15 is 0 Å². The number of nitrogens with two attached hydrogens (primary N) is 1. The van der Waals surface area contributed by atoms with E-state index in [2.05, 4.69) is 9.98 Å². The zero-order valence-corrected chi connectivity index (χ0v) is 13.7. The summed E-state index contributed by atoms with van der Waals surface area (Å²) in [6, 6.07) is 0. The fraction of sp³-hybridized carbons (Fsp3) is 0.714. The summed E-state index contributed by atoms with van der Waals surface area (Å²) >= 11 is 11.9. The summed E-state index contributed by atoms with van der Waals surface area (Å²) in [5.74, 6) is 5.90. The highest BCUT2D eigenvalue weighted by Gasteiger charge is 2.24. The third-order valence-corrected chi connectivity index (χ3v) is 4.28. The molecule has 118 valence electrons. The Morgan fingerprint density at radius 1 is 0.857 bits per heavy atom. The van der Waals surface area contributed by atoms with E-state index in [0.29, 0.717) is 5.82 Å². The Bertz CT molecular complexity index is 434. The standard InChI is InChI=1S/C14H22Cl2N4O/c15-13-18-12(20(21-17)14(16)19-13)11-9-7-5-3-1-2-4-6-8-10-11/h1-10,17H2. The van der Waals surface area contributed by atoms with Gasteiger partial charge in [0, 0.05) is 0 Å². The summed E-state index contributed by atoms with van der Waals surface area (Å²) in [4.78, 5) is 12.9. The quantitative estimate of drug-likeness (QED) is 0.570. The highest BCUT2D eigenvalue weighted by molar-refractivity contribution is 6.71. The molecule has 0 saturated heterocycles. The first-order chi connectivity index (χ1) is 10.2. The molecule has 2 N–H and O–H groups in total. The maximum atomic E-state index is 6.02. The first kappa shape index (κ1) is 16.7. The molecule has 0 atom stereocenters. The molecule has 0 bridgehead atoms. The van der Waals surface area contributed by atoms with E-state index < -0.39 is 0 Å². The monoisotopic (exact) mass is 332 g/mol. The summed E-state index contributed by atoms with van der Waals surface area (Å²) in [5.41, 5.74) is 1.19. The number of hydroxylamine groups is 2. The van der Waals surface area contributed by atoms with Crippen LogP contribution in [0.2, 0.25) is 0 Å². The molecule has 5 nitrogen and oxygen atoms in total. The fourth-order valence-electron chi connectivity index (χ4n) is 2.77. The van der Waals surface area contributed by atoms with Gasteiger partial charge in [0.15, 0.2) is 5.82 Å². The highest BCUT2D eigenvalue weighted by atomic mass is 35.5. The Hall–Kier alpha value is -0.620. The van der Waals surface area contributed by atoms with E-state index in [-0.39, 0.29) is 10.6 Å². The lowest BCUT2D eigenvalue weighted by Gasteiger charge is -2.24. The number of aliphatic imine (C=N–C) groups is 2. The zero-order valence-electron chi connectivity index (χ0n) is 12.2. The Labute approximate surface area is 135 Å². The predicted octanol–water partition coefficient (Wildman–Crippen LogP) is 4.42. The fourth-order valence-corrected chi connectivity index (χ4v) is 3.17. The van der Waals surface area contributed by atoms with E-state index in [4.69, 9.17) is 34.0 Å². The van der Waals surface area contributed by atoms with Gasteiger partial charge in [-0.1, -0.05) is 38.5 Å². The largest absolute Gasteiger partial charge is 0.233 e. The molecular formula is C14H22Cl2N4O. The smallest absolute Gasteiger partial charge is 0.198 e. The minimum atomic E-state index is 0.0920. The molecule has 1 heterocycles. The van der Waals surface area contributed by atoms with Crippen molar-refractivity contribution in [1.82, 2.24) is 5.06 Å². The van der Waals surface area contributed by atoms with Crippen LogP contribution in [0.15, 0.2) is 21.4 Å². The Kier molecular flexibility index (Phi) is 6.96. The van der Waals surface area contributed by atoms with Gasteiger partial charge in [-0.15, -0.1) is 0 Å². The maximum Gasteiger partial charge on any atom is 0.233 e. The van der Waals surface area contributed by atoms with Gasteiger partial charge in [0.2, 0.25) is 10.6 Å². The van der Waals surface area contributed by atoms with Gasteiger partial charge in [-0.25, -0.2) is 0 Å². The highest BCUT2D eigenvalue weighted by Crippen LogP contribution is 2.28.